The van der Waals surface area contributed by atoms with E-state index in [1.807, 2.05) is 18.4 Å². The number of aryl methyl sites for hydroxylation is 1. The fraction of sp³-hybridized carbons (Fsp3) is 0.308. The van der Waals surface area contributed by atoms with Crippen LogP contribution in [0.15, 0.2) is 34.1 Å². The van der Waals surface area contributed by atoms with Crippen molar-refractivity contribution in [1.82, 2.24) is 15.5 Å². The molecule has 0 fully saturated rings. The number of H-pyrrole nitrogens is 1. The van der Waals surface area contributed by atoms with Gasteiger partial charge in [0.2, 0.25) is 0 Å². The SMILES string of the molecule is CNCc1n[nH]c(C)c1S(=O)(=O)Nc1ccccc1SC. The van der Waals surface area contributed by atoms with Crippen LogP contribution in [-0.4, -0.2) is 31.9 Å². The fourth-order valence-corrected chi connectivity index (χ4v) is 4.10. The number of hydrogen-bond acceptors (Lipinski definition) is 5. The summed E-state index contributed by atoms with van der Waals surface area (Å²) in [5.41, 5.74) is 1.57. The number of thioether (sulfide) groups is 1. The maximum absolute atomic E-state index is 12.6. The van der Waals surface area contributed by atoms with E-state index in [0.29, 0.717) is 23.6 Å². The normalized spacial score (nSPS) is 11.6. The minimum Gasteiger partial charge on any atom is -0.314 e. The number of aromatic nitrogens is 2. The lowest BCUT2D eigenvalue weighted by molar-refractivity contribution is 0.598. The second-order valence-corrected chi connectivity index (χ2v) is 6.93. The number of aromatic amines is 1. The molecule has 0 unspecified atom stereocenters. The summed E-state index contributed by atoms with van der Waals surface area (Å²) in [4.78, 5) is 1.07. The largest absolute Gasteiger partial charge is 0.314 e. The maximum atomic E-state index is 12.6. The van der Waals surface area contributed by atoms with Crippen molar-refractivity contribution < 1.29 is 8.42 Å². The number of nitrogens with one attached hydrogen (secondary N) is 3. The van der Waals surface area contributed by atoms with Crippen molar-refractivity contribution in [3.63, 3.8) is 0 Å². The number of rotatable bonds is 6. The van der Waals surface area contributed by atoms with Gasteiger partial charge in [0.1, 0.15) is 4.90 Å². The van der Waals surface area contributed by atoms with E-state index >= 15 is 0 Å². The Labute approximate surface area is 128 Å². The number of para-hydroxylation sites is 1. The van der Waals surface area contributed by atoms with Gasteiger partial charge in [0.25, 0.3) is 10.0 Å². The molecule has 3 N–H and O–H groups in total. The molecule has 0 amide bonds. The standard InChI is InChI=1S/C13H18N4O2S2/c1-9-13(11(8-14-2)16-15-9)21(18,19)17-10-6-4-5-7-12(10)20-3/h4-7,14,17H,8H2,1-3H3,(H,15,16). The minimum atomic E-state index is -3.68. The molecule has 0 aliphatic rings. The van der Waals surface area contributed by atoms with Crippen molar-refractivity contribution in [3.05, 3.63) is 35.7 Å². The molecule has 0 saturated heterocycles. The molecule has 21 heavy (non-hydrogen) atoms. The molecule has 2 rings (SSSR count). The molecule has 2 aromatic rings. The van der Waals surface area contributed by atoms with Crippen LogP contribution < -0.4 is 10.0 Å². The van der Waals surface area contributed by atoms with E-state index in [1.54, 1.807) is 26.1 Å². The van der Waals surface area contributed by atoms with Gasteiger partial charge in [-0.1, -0.05) is 12.1 Å². The number of sulfonamides is 1. The van der Waals surface area contributed by atoms with Crippen LogP contribution in [0.4, 0.5) is 5.69 Å². The summed E-state index contributed by atoms with van der Waals surface area (Å²) in [7, 11) is -1.94. The second kappa shape index (κ2) is 6.50. The highest BCUT2D eigenvalue weighted by Crippen LogP contribution is 2.28. The highest BCUT2D eigenvalue weighted by atomic mass is 32.2. The van der Waals surface area contributed by atoms with Crippen LogP contribution in [0.25, 0.3) is 0 Å². The Kier molecular flexibility index (Phi) is 4.92. The van der Waals surface area contributed by atoms with Gasteiger partial charge < -0.3 is 5.32 Å². The summed E-state index contributed by atoms with van der Waals surface area (Å²) in [6, 6.07) is 7.29. The van der Waals surface area contributed by atoms with Crippen LogP contribution in [-0.2, 0) is 16.6 Å². The average molecular weight is 326 g/mol. The van der Waals surface area contributed by atoms with E-state index in [9.17, 15) is 8.42 Å². The van der Waals surface area contributed by atoms with Gasteiger partial charge in [-0.3, -0.25) is 9.82 Å². The van der Waals surface area contributed by atoms with Crippen molar-refractivity contribution >= 4 is 27.5 Å². The zero-order valence-corrected chi connectivity index (χ0v) is 13.7. The molecule has 0 radical (unpaired) electrons. The van der Waals surface area contributed by atoms with Gasteiger partial charge in [-0.15, -0.1) is 11.8 Å². The smallest absolute Gasteiger partial charge is 0.265 e. The van der Waals surface area contributed by atoms with E-state index in [0.717, 1.165) is 4.90 Å². The number of hydrogen-bond donors (Lipinski definition) is 3. The van der Waals surface area contributed by atoms with Gasteiger partial charge in [0, 0.05) is 11.4 Å². The topological polar surface area (TPSA) is 86.9 Å². The Bertz CT molecular complexity index is 726. The van der Waals surface area contributed by atoms with Crippen molar-refractivity contribution in [2.24, 2.45) is 0 Å². The molecule has 0 bridgehead atoms. The average Bonchev–Trinajstić information content (AvgIpc) is 2.81. The van der Waals surface area contributed by atoms with Crippen LogP contribution in [0.1, 0.15) is 11.4 Å². The van der Waals surface area contributed by atoms with Crippen LogP contribution >= 0.6 is 11.8 Å². The van der Waals surface area contributed by atoms with Gasteiger partial charge in [0.05, 0.1) is 17.1 Å². The lowest BCUT2D eigenvalue weighted by Gasteiger charge is -2.11. The summed E-state index contributed by atoms with van der Waals surface area (Å²) >= 11 is 1.49. The molecule has 0 spiro atoms. The number of benzene rings is 1. The zero-order chi connectivity index (χ0) is 15.5. The molecule has 0 saturated carbocycles. The van der Waals surface area contributed by atoms with E-state index in [4.69, 9.17) is 0 Å². The van der Waals surface area contributed by atoms with Crippen LogP contribution in [0.3, 0.4) is 0 Å². The monoisotopic (exact) mass is 326 g/mol. The van der Waals surface area contributed by atoms with E-state index in [-0.39, 0.29) is 4.90 Å². The molecule has 0 aliphatic heterocycles. The first kappa shape index (κ1) is 15.9. The van der Waals surface area contributed by atoms with E-state index in [1.165, 1.54) is 11.8 Å². The fourth-order valence-electron chi connectivity index (χ4n) is 2.04. The van der Waals surface area contributed by atoms with Crippen molar-refractivity contribution in [2.75, 3.05) is 18.0 Å². The summed E-state index contributed by atoms with van der Waals surface area (Å²) in [6.45, 7) is 2.08. The highest BCUT2D eigenvalue weighted by Gasteiger charge is 2.24. The summed E-state index contributed by atoms with van der Waals surface area (Å²) in [6.07, 6.45) is 1.91. The Balaban J connectivity index is 2.41. The van der Waals surface area contributed by atoms with Gasteiger partial charge in [0.15, 0.2) is 0 Å². The summed E-state index contributed by atoms with van der Waals surface area (Å²) in [5, 5.41) is 9.69. The van der Waals surface area contributed by atoms with Gasteiger partial charge in [-0.25, -0.2) is 8.42 Å². The molecule has 6 nitrogen and oxygen atoms in total. The molecule has 1 aromatic carbocycles. The van der Waals surface area contributed by atoms with E-state index in [2.05, 4.69) is 20.2 Å². The molecule has 8 heteroatoms. The first-order valence-electron chi connectivity index (χ1n) is 6.34. The van der Waals surface area contributed by atoms with Gasteiger partial charge in [-0.05, 0) is 32.4 Å². The third-order valence-electron chi connectivity index (χ3n) is 2.93. The summed E-state index contributed by atoms with van der Waals surface area (Å²) in [5.74, 6) is 0. The van der Waals surface area contributed by atoms with Crippen molar-refractivity contribution in [1.29, 1.82) is 0 Å². The molecule has 0 aliphatic carbocycles. The third-order valence-corrected chi connectivity index (χ3v) is 5.29. The summed E-state index contributed by atoms with van der Waals surface area (Å²) < 4.78 is 27.9. The molecular formula is C13H18N4O2S2. The van der Waals surface area contributed by atoms with Crippen LogP contribution in [0.5, 0.6) is 0 Å². The molecule has 1 aromatic heterocycles. The quantitative estimate of drug-likeness (QED) is 0.707. The zero-order valence-electron chi connectivity index (χ0n) is 12.1. The molecule has 114 valence electrons. The van der Waals surface area contributed by atoms with Crippen molar-refractivity contribution in [3.8, 4) is 0 Å². The predicted octanol–water partition coefficient (Wildman–Crippen LogP) is 1.96. The Morgan fingerprint density at radius 1 is 1.33 bits per heavy atom. The first-order chi connectivity index (χ1) is 9.99. The van der Waals surface area contributed by atoms with Crippen LogP contribution in [0.2, 0.25) is 0 Å². The number of nitrogens with zero attached hydrogens (tertiary/aromatic N) is 1. The predicted molar refractivity (Wildman–Crippen MR) is 85.1 cm³/mol. The second-order valence-electron chi connectivity index (χ2n) is 4.46. The molecular weight excluding hydrogens is 308 g/mol. The van der Waals surface area contributed by atoms with Crippen LogP contribution in [0, 0.1) is 6.92 Å². The third kappa shape index (κ3) is 3.39. The lowest BCUT2D eigenvalue weighted by Crippen LogP contribution is -2.17. The van der Waals surface area contributed by atoms with Crippen molar-refractivity contribution in [2.45, 2.75) is 23.3 Å². The first-order valence-corrected chi connectivity index (χ1v) is 9.04. The Hall–Kier alpha value is -1.51. The molecule has 0 atom stereocenters. The molecule has 1 heterocycles. The Morgan fingerprint density at radius 3 is 2.71 bits per heavy atom. The van der Waals surface area contributed by atoms with Gasteiger partial charge in [-0.2, -0.15) is 5.10 Å². The highest BCUT2D eigenvalue weighted by molar-refractivity contribution is 7.99. The van der Waals surface area contributed by atoms with Gasteiger partial charge >= 0.3 is 0 Å². The van der Waals surface area contributed by atoms with E-state index < -0.39 is 10.0 Å². The maximum Gasteiger partial charge on any atom is 0.265 e. The minimum absolute atomic E-state index is 0.202. The number of anilines is 1. The Morgan fingerprint density at radius 2 is 2.05 bits per heavy atom. The lowest BCUT2D eigenvalue weighted by atomic mass is 10.3.